The van der Waals surface area contributed by atoms with Gasteiger partial charge in [0.05, 0.1) is 6.61 Å². The van der Waals surface area contributed by atoms with Gasteiger partial charge < -0.3 is 14.8 Å². The van der Waals surface area contributed by atoms with E-state index in [0.29, 0.717) is 12.4 Å². The molecule has 0 saturated heterocycles. The lowest BCUT2D eigenvalue weighted by Crippen LogP contribution is -2.29. The van der Waals surface area contributed by atoms with E-state index in [1.807, 2.05) is 0 Å². The topological polar surface area (TPSA) is 64.6 Å². The average Bonchev–Trinajstić information content (AvgIpc) is 2.65. The van der Waals surface area contributed by atoms with Crippen molar-refractivity contribution in [2.45, 2.75) is 13.5 Å². The monoisotopic (exact) mass is 357 g/mol. The summed E-state index contributed by atoms with van der Waals surface area (Å²) < 4.78 is 23.2. The molecule has 0 aliphatic heterocycles. The van der Waals surface area contributed by atoms with Gasteiger partial charge in [0, 0.05) is 6.08 Å². The Morgan fingerprint density at radius 3 is 2.42 bits per heavy atom. The Bertz CT molecular complexity index is 754. The Morgan fingerprint density at radius 1 is 1.08 bits per heavy atom. The largest absolute Gasteiger partial charge is 0.489 e. The molecule has 0 spiro atoms. The number of esters is 1. The molecule has 26 heavy (non-hydrogen) atoms. The molecule has 2 aromatic rings. The van der Waals surface area contributed by atoms with Crippen LogP contribution >= 0.6 is 0 Å². The van der Waals surface area contributed by atoms with Gasteiger partial charge in [-0.3, -0.25) is 9.59 Å². The van der Waals surface area contributed by atoms with Gasteiger partial charge in [-0.1, -0.05) is 24.3 Å². The third kappa shape index (κ3) is 6.76. The predicted octanol–water partition coefficient (Wildman–Crippen LogP) is 3.10. The molecule has 5 nitrogen and oxygen atoms in total. The quantitative estimate of drug-likeness (QED) is 0.582. The van der Waals surface area contributed by atoms with E-state index in [4.69, 9.17) is 9.47 Å². The zero-order valence-electron chi connectivity index (χ0n) is 14.4. The maximum atomic E-state index is 12.8. The number of nitrogens with one attached hydrogen (secondary N) is 1. The van der Waals surface area contributed by atoms with Crippen LogP contribution in [0.15, 0.2) is 54.6 Å². The van der Waals surface area contributed by atoms with E-state index < -0.39 is 5.97 Å². The number of amides is 1. The average molecular weight is 357 g/mol. The van der Waals surface area contributed by atoms with E-state index in [2.05, 4.69) is 5.32 Å². The van der Waals surface area contributed by atoms with E-state index in [-0.39, 0.29) is 24.9 Å². The summed E-state index contributed by atoms with van der Waals surface area (Å²) in [5, 5.41) is 2.44. The molecule has 0 saturated carbocycles. The van der Waals surface area contributed by atoms with Crippen LogP contribution in [0.4, 0.5) is 4.39 Å². The lowest BCUT2D eigenvalue weighted by atomic mass is 10.2. The Kier molecular flexibility index (Phi) is 7.36. The molecule has 2 rings (SSSR count). The highest BCUT2D eigenvalue weighted by Gasteiger charge is 2.03. The van der Waals surface area contributed by atoms with E-state index in [0.717, 1.165) is 11.1 Å². The Morgan fingerprint density at radius 2 is 1.77 bits per heavy atom. The molecule has 0 unspecified atom stereocenters. The van der Waals surface area contributed by atoms with Crippen molar-refractivity contribution in [1.29, 1.82) is 0 Å². The molecule has 1 N–H and O–H groups in total. The zero-order valence-corrected chi connectivity index (χ0v) is 14.4. The number of ether oxygens (including phenoxy) is 2. The summed E-state index contributed by atoms with van der Waals surface area (Å²) in [7, 11) is 0. The Labute approximate surface area is 151 Å². The second kappa shape index (κ2) is 9.98. The second-order valence-electron chi connectivity index (χ2n) is 5.34. The van der Waals surface area contributed by atoms with Crippen LogP contribution < -0.4 is 10.1 Å². The van der Waals surface area contributed by atoms with Crippen molar-refractivity contribution in [3.05, 3.63) is 71.6 Å². The van der Waals surface area contributed by atoms with Gasteiger partial charge in [0.15, 0.2) is 0 Å². The summed E-state index contributed by atoms with van der Waals surface area (Å²) in [6.07, 6.45) is 2.97. The first-order valence-electron chi connectivity index (χ1n) is 8.15. The van der Waals surface area contributed by atoms with Gasteiger partial charge in [-0.25, -0.2) is 4.39 Å². The third-order valence-electron chi connectivity index (χ3n) is 3.34. The smallest absolute Gasteiger partial charge is 0.325 e. The molecule has 0 aromatic heterocycles. The lowest BCUT2D eigenvalue weighted by molar-refractivity contribution is -0.143. The van der Waals surface area contributed by atoms with Crippen molar-refractivity contribution < 1.29 is 23.5 Å². The maximum absolute atomic E-state index is 12.8. The van der Waals surface area contributed by atoms with Crippen LogP contribution in [0.1, 0.15) is 18.1 Å². The second-order valence-corrected chi connectivity index (χ2v) is 5.34. The summed E-state index contributed by atoms with van der Waals surface area (Å²) in [4.78, 5) is 22.8. The summed E-state index contributed by atoms with van der Waals surface area (Å²) >= 11 is 0. The van der Waals surface area contributed by atoms with Gasteiger partial charge in [0.2, 0.25) is 5.91 Å². The predicted molar refractivity (Wildman–Crippen MR) is 95.9 cm³/mol. The van der Waals surface area contributed by atoms with Gasteiger partial charge in [-0.2, -0.15) is 0 Å². The fourth-order valence-electron chi connectivity index (χ4n) is 2.02. The number of halogens is 1. The molecule has 0 aliphatic rings. The SMILES string of the molecule is CCOC(=O)CNC(=O)/C=C/c1ccc(OCc2ccc(F)cc2)cc1. The lowest BCUT2D eigenvalue weighted by Gasteiger charge is -2.06. The first kappa shape index (κ1) is 19.2. The molecule has 6 heteroatoms. The van der Waals surface area contributed by atoms with Gasteiger partial charge >= 0.3 is 5.97 Å². The number of hydrogen-bond donors (Lipinski definition) is 1. The first-order chi connectivity index (χ1) is 12.6. The molecule has 0 aliphatic carbocycles. The molecule has 2 aromatic carbocycles. The third-order valence-corrected chi connectivity index (χ3v) is 3.34. The van der Waals surface area contributed by atoms with Crippen LogP contribution in [0.25, 0.3) is 6.08 Å². The molecule has 1 amide bonds. The van der Waals surface area contributed by atoms with Crippen LogP contribution in [-0.4, -0.2) is 25.0 Å². The number of carbonyl (C=O) groups excluding carboxylic acids is 2. The van der Waals surface area contributed by atoms with Crippen molar-refractivity contribution in [1.82, 2.24) is 5.32 Å². The van der Waals surface area contributed by atoms with Crippen molar-refractivity contribution >= 4 is 18.0 Å². The van der Waals surface area contributed by atoms with Gasteiger partial charge in [0.25, 0.3) is 0 Å². The fraction of sp³-hybridized carbons (Fsp3) is 0.200. The van der Waals surface area contributed by atoms with E-state index in [1.54, 1.807) is 49.4 Å². The molecular formula is C20H20FNO4. The molecule has 0 radical (unpaired) electrons. The van der Waals surface area contributed by atoms with E-state index in [1.165, 1.54) is 18.2 Å². The number of rotatable bonds is 8. The van der Waals surface area contributed by atoms with Crippen molar-refractivity contribution in [2.24, 2.45) is 0 Å². The van der Waals surface area contributed by atoms with Crippen LogP contribution in [0, 0.1) is 5.82 Å². The summed E-state index contributed by atoms with van der Waals surface area (Å²) in [6, 6.07) is 13.3. The zero-order chi connectivity index (χ0) is 18.8. The van der Waals surface area contributed by atoms with Crippen LogP contribution in [0.2, 0.25) is 0 Å². The van der Waals surface area contributed by atoms with E-state index in [9.17, 15) is 14.0 Å². The minimum atomic E-state index is -0.475. The number of hydrogen-bond acceptors (Lipinski definition) is 4. The molecule has 0 bridgehead atoms. The molecular weight excluding hydrogens is 337 g/mol. The van der Waals surface area contributed by atoms with Crippen LogP contribution in [-0.2, 0) is 20.9 Å². The van der Waals surface area contributed by atoms with Crippen LogP contribution in [0.3, 0.4) is 0 Å². The molecule has 0 atom stereocenters. The fourth-order valence-corrected chi connectivity index (χ4v) is 2.02. The van der Waals surface area contributed by atoms with Crippen LogP contribution in [0.5, 0.6) is 5.75 Å². The molecule has 0 heterocycles. The normalized spacial score (nSPS) is 10.5. The Balaban J connectivity index is 1.80. The van der Waals surface area contributed by atoms with Gasteiger partial charge in [-0.05, 0) is 48.4 Å². The minimum Gasteiger partial charge on any atom is -0.489 e. The standard InChI is InChI=1S/C20H20FNO4/c1-2-25-20(24)13-22-19(23)12-7-15-5-10-18(11-6-15)26-14-16-3-8-17(21)9-4-16/h3-12H,2,13-14H2,1H3,(H,22,23)/b12-7+. The Hall–Kier alpha value is -3.15. The maximum Gasteiger partial charge on any atom is 0.325 e. The first-order valence-corrected chi connectivity index (χ1v) is 8.15. The highest BCUT2D eigenvalue weighted by molar-refractivity contribution is 5.93. The highest BCUT2D eigenvalue weighted by Crippen LogP contribution is 2.15. The van der Waals surface area contributed by atoms with Gasteiger partial charge in [-0.15, -0.1) is 0 Å². The molecule has 136 valence electrons. The van der Waals surface area contributed by atoms with Crippen molar-refractivity contribution in [3.63, 3.8) is 0 Å². The van der Waals surface area contributed by atoms with Crippen molar-refractivity contribution in [3.8, 4) is 5.75 Å². The summed E-state index contributed by atoms with van der Waals surface area (Å²) in [6.45, 7) is 2.16. The summed E-state index contributed by atoms with van der Waals surface area (Å²) in [5.74, 6) is -0.471. The van der Waals surface area contributed by atoms with Gasteiger partial charge in [0.1, 0.15) is 24.7 Å². The highest BCUT2D eigenvalue weighted by atomic mass is 19.1. The summed E-state index contributed by atoms with van der Waals surface area (Å²) in [5.41, 5.74) is 1.68. The minimum absolute atomic E-state index is 0.160. The number of benzene rings is 2. The van der Waals surface area contributed by atoms with E-state index >= 15 is 0 Å². The van der Waals surface area contributed by atoms with Crippen molar-refractivity contribution in [2.75, 3.05) is 13.2 Å². The molecule has 0 fully saturated rings. The number of carbonyl (C=O) groups is 2.